The van der Waals surface area contributed by atoms with E-state index in [4.69, 9.17) is 21.1 Å². The number of carbonyl (C=O) groups excluding carboxylic acids is 1. The maximum Gasteiger partial charge on any atom is 0.228 e. The van der Waals surface area contributed by atoms with Crippen LogP contribution in [-0.4, -0.2) is 19.1 Å². The second-order valence-electron chi connectivity index (χ2n) is 4.33. The molecule has 20 heavy (non-hydrogen) atoms. The van der Waals surface area contributed by atoms with E-state index in [1.165, 1.54) is 0 Å². The Morgan fingerprint density at radius 2 is 2.05 bits per heavy atom. The van der Waals surface area contributed by atoms with Crippen LogP contribution in [0.1, 0.15) is 5.56 Å². The third-order valence-electron chi connectivity index (χ3n) is 2.85. The molecule has 0 fully saturated rings. The molecule has 0 bridgehead atoms. The number of nitrogens with one attached hydrogen (secondary N) is 1. The lowest BCUT2D eigenvalue weighted by Gasteiger charge is -2.20. The van der Waals surface area contributed by atoms with Gasteiger partial charge in [0.1, 0.15) is 13.2 Å². The fourth-order valence-corrected chi connectivity index (χ4v) is 2.80. The Hall–Kier alpha value is -1.72. The van der Waals surface area contributed by atoms with Crippen molar-refractivity contribution < 1.29 is 14.3 Å². The third-order valence-corrected chi connectivity index (χ3v) is 3.90. The van der Waals surface area contributed by atoms with Gasteiger partial charge in [0.05, 0.1) is 17.1 Å². The second-order valence-corrected chi connectivity index (χ2v) is 5.52. The summed E-state index contributed by atoms with van der Waals surface area (Å²) in [6.07, 6.45) is 0.328. The molecule has 0 saturated heterocycles. The Labute approximate surface area is 125 Å². The predicted molar refractivity (Wildman–Crippen MR) is 79.1 cm³/mol. The normalized spacial score (nSPS) is 13.1. The van der Waals surface area contributed by atoms with Crippen LogP contribution in [0.25, 0.3) is 0 Å². The number of ether oxygens (including phenoxy) is 2. The van der Waals surface area contributed by atoms with Crippen molar-refractivity contribution in [3.05, 3.63) is 39.5 Å². The van der Waals surface area contributed by atoms with E-state index < -0.39 is 0 Å². The first-order chi connectivity index (χ1) is 9.72. The molecular weight excluding hydrogens is 298 g/mol. The van der Waals surface area contributed by atoms with Crippen molar-refractivity contribution in [1.29, 1.82) is 0 Å². The molecule has 2 heterocycles. The highest BCUT2D eigenvalue weighted by Gasteiger charge is 2.16. The van der Waals surface area contributed by atoms with E-state index >= 15 is 0 Å². The van der Waals surface area contributed by atoms with Crippen molar-refractivity contribution in [3.63, 3.8) is 0 Å². The number of hydrogen-bond acceptors (Lipinski definition) is 4. The smallest absolute Gasteiger partial charge is 0.228 e. The Balaban J connectivity index is 1.75. The SMILES string of the molecule is O=C(Cc1ccsc1)Nc1cc2c(cc1Cl)OCCO2. The van der Waals surface area contributed by atoms with Crippen molar-refractivity contribution in [2.75, 3.05) is 18.5 Å². The van der Waals surface area contributed by atoms with Crippen LogP contribution < -0.4 is 14.8 Å². The zero-order valence-corrected chi connectivity index (χ0v) is 12.1. The Morgan fingerprint density at radius 3 is 2.75 bits per heavy atom. The molecule has 0 spiro atoms. The summed E-state index contributed by atoms with van der Waals surface area (Å²) in [5, 5.41) is 7.13. The third kappa shape index (κ3) is 2.89. The van der Waals surface area contributed by atoms with Gasteiger partial charge in [0.25, 0.3) is 0 Å². The fourth-order valence-electron chi connectivity index (χ4n) is 1.93. The van der Waals surface area contributed by atoms with E-state index in [2.05, 4.69) is 5.32 Å². The Bertz CT molecular complexity index is 628. The number of thiophene rings is 1. The maximum absolute atomic E-state index is 12.0. The largest absolute Gasteiger partial charge is 0.486 e. The average molecular weight is 310 g/mol. The standard InChI is InChI=1S/C14H12ClNO3S/c15-10-6-12-13(19-3-2-18-12)7-11(10)16-14(17)5-9-1-4-20-8-9/h1,4,6-8H,2-3,5H2,(H,16,17). The van der Waals surface area contributed by atoms with E-state index in [0.29, 0.717) is 41.8 Å². The van der Waals surface area contributed by atoms with Crippen LogP contribution in [0.5, 0.6) is 11.5 Å². The second kappa shape index (κ2) is 5.73. The number of rotatable bonds is 3. The van der Waals surface area contributed by atoms with Gasteiger partial charge in [-0.3, -0.25) is 4.79 Å². The summed E-state index contributed by atoms with van der Waals surface area (Å²) >= 11 is 7.71. The van der Waals surface area contributed by atoms with Gasteiger partial charge >= 0.3 is 0 Å². The maximum atomic E-state index is 12.0. The van der Waals surface area contributed by atoms with Gasteiger partial charge in [-0.05, 0) is 22.4 Å². The lowest BCUT2D eigenvalue weighted by molar-refractivity contribution is -0.115. The molecule has 1 aromatic carbocycles. The summed E-state index contributed by atoms with van der Waals surface area (Å²) in [7, 11) is 0. The monoisotopic (exact) mass is 309 g/mol. The number of carbonyl (C=O) groups is 1. The van der Waals surface area contributed by atoms with E-state index in [1.807, 2.05) is 16.8 Å². The first kappa shape index (κ1) is 13.3. The molecule has 4 nitrogen and oxygen atoms in total. The van der Waals surface area contributed by atoms with Crippen LogP contribution in [-0.2, 0) is 11.2 Å². The quantitative estimate of drug-likeness (QED) is 0.946. The van der Waals surface area contributed by atoms with Crippen LogP contribution >= 0.6 is 22.9 Å². The molecule has 1 aliphatic rings. The summed E-state index contributed by atoms with van der Waals surface area (Å²) in [6.45, 7) is 1.00. The molecule has 0 saturated carbocycles. The highest BCUT2D eigenvalue weighted by atomic mass is 35.5. The number of benzene rings is 1. The molecule has 1 N–H and O–H groups in total. The summed E-state index contributed by atoms with van der Waals surface area (Å²) in [5.74, 6) is 1.10. The minimum absolute atomic E-state index is 0.109. The van der Waals surface area contributed by atoms with Gasteiger partial charge in [-0.15, -0.1) is 0 Å². The van der Waals surface area contributed by atoms with Crippen LogP contribution in [0.4, 0.5) is 5.69 Å². The Morgan fingerprint density at radius 1 is 1.30 bits per heavy atom. The molecule has 2 aromatic rings. The molecule has 1 aromatic heterocycles. The van der Waals surface area contributed by atoms with Gasteiger partial charge in [0.15, 0.2) is 11.5 Å². The minimum atomic E-state index is -0.109. The molecule has 0 unspecified atom stereocenters. The van der Waals surface area contributed by atoms with Gasteiger partial charge < -0.3 is 14.8 Å². The molecule has 6 heteroatoms. The zero-order chi connectivity index (χ0) is 13.9. The lowest BCUT2D eigenvalue weighted by atomic mass is 10.2. The summed E-state index contributed by atoms with van der Waals surface area (Å²) < 4.78 is 10.9. The van der Waals surface area contributed by atoms with Gasteiger partial charge in [0, 0.05) is 12.1 Å². The first-order valence-corrected chi connectivity index (χ1v) is 7.44. The van der Waals surface area contributed by atoms with Crippen LogP contribution in [0, 0.1) is 0 Å². The van der Waals surface area contributed by atoms with Crippen molar-refractivity contribution in [2.24, 2.45) is 0 Å². The van der Waals surface area contributed by atoms with Crippen molar-refractivity contribution in [3.8, 4) is 11.5 Å². The summed E-state index contributed by atoms with van der Waals surface area (Å²) in [6, 6.07) is 5.29. The molecule has 0 aliphatic carbocycles. The topological polar surface area (TPSA) is 47.6 Å². The van der Waals surface area contributed by atoms with Crippen molar-refractivity contribution in [1.82, 2.24) is 0 Å². The predicted octanol–water partition coefficient (Wildman–Crippen LogP) is 3.35. The fraction of sp³-hybridized carbons (Fsp3) is 0.214. The van der Waals surface area contributed by atoms with Gasteiger partial charge in [-0.25, -0.2) is 0 Å². The van der Waals surface area contributed by atoms with Gasteiger partial charge in [0.2, 0.25) is 5.91 Å². The number of hydrogen-bond donors (Lipinski definition) is 1. The van der Waals surface area contributed by atoms with Crippen LogP contribution in [0.3, 0.4) is 0 Å². The van der Waals surface area contributed by atoms with Crippen LogP contribution in [0.15, 0.2) is 29.0 Å². The molecule has 0 atom stereocenters. The summed E-state index contributed by atoms with van der Waals surface area (Å²) in [4.78, 5) is 12.0. The minimum Gasteiger partial charge on any atom is -0.486 e. The first-order valence-electron chi connectivity index (χ1n) is 6.12. The van der Waals surface area contributed by atoms with Gasteiger partial charge in [-0.2, -0.15) is 11.3 Å². The average Bonchev–Trinajstić information content (AvgIpc) is 2.92. The molecule has 0 radical (unpaired) electrons. The van der Waals surface area contributed by atoms with Crippen molar-refractivity contribution >= 4 is 34.5 Å². The number of amides is 1. The van der Waals surface area contributed by atoms with Crippen LogP contribution in [0.2, 0.25) is 5.02 Å². The summed E-state index contributed by atoms with van der Waals surface area (Å²) in [5.41, 5.74) is 1.53. The van der Waals surface area contributed by atoms with E-state index in [1.54, 1.807) is 23.5 Å². The van der Waals surface area contributed by atoms with E-state index in [9.17, 15) is 4.79 Å². The highest BCUT2D eigenvalue weighted by molar-refractivity contribution is 7.08. The molecule has 1 amide bonds. The highest BCUT2D eigenvalue weighted by Crippen LogP contribution is 2.37. The molecule has 1 aliphatic heterocycles. The van der Waals surface area contributed by atoms with E-state index in [0.717, 1.165) is 5.56 Å². The molecule has 104 valence electrons. The van der Waals surface area contributed by atoms with E-state index in [-0.39, 0.29) is 5.91 Å². The van der Waals surface area contributed by atoms with Gasteiger partial charge in [-0.1, -0.05) is 11.6 Å². The van der Waals surface area contributed by atoms with Crippen molar-refractivity contribution in [2.45, 2.75) is 6.42 Å². The zero-order valence-electron chi connectivity index (χ0n) is 10.5. The Kier molecular flexibility index (Phi) is 3.80. The number of fused-ring (bicyclic) bond motifs is 1. The number of anilines is 1. The molecular formula is C14H12ClNO3S. The number of halogens is 1. The molecule has 3 rings (SSSR count). The lowest BCUT2D eigenvalue weighted by Crippen LogP contribution is -2.17.